The molecule has 174 valence electrons. The smallest absolute Gasteiger partial charge is 0.257 e. The average Bonchev–Trinajstić information content (AvgIpc) is 3.26. The van der Waals surface area contributed by atoms with Gasteiger partial charge in [0.2, 0.25) is 0 Å². The maximum atomic E-state index is 15.2. The number of rotatable bonds is 4. The van der Waals surface area contributed by atoms with Gasteiger partial charge >= 0.3 is 0 Å². The molecule has 2 bridgehead atoms. The second-order valence-electron chi connectivity index (χ2n) is 10.3. The number of benzene rings is 1. The van der Waals surface area contributed by atoms with Gasteiger partial charge in [-0.1, -0.05) is 0 Å². The second-order valence-corrected chi connectivity index (χ2v) is 10.3. The molecular formula is C26H27FN6O. The maximum absolute atomic E-state index is 15.2. The first-order chi connectivity index (χ1) is 16.5. The Balaban J connectivity index is 1.33. The Hall–Kier alpha value is -3.26. The van der Waals surface area contributed by atoms with E-state index in [1.165, 1.54) is 18.9 Å². The number of hydrogen-bond acceptors (Lipinski definition) is 4. The quantitative estimate of drug-likeness (QED) is 0.506. The van der Waals surface area contributed by atoms with Gasteiger partial charge in [-0.15, -0.1) is 0 Å². The molecule has 2 aliphatic carbocycles. The summed E-state index contributed by atoms with van der Waals surface area (Å²) in [4.78, 5) is 24.6. The van der Waals surface area contributed by atoms with E-state index < -0.39 is 5.82 Å². The largest absolute Gasteiger partial charge is 0.334 e. The summed E-state index contributed by atoms with van der Waals surface area (Å²) in [6.45, 7) is 1.51. The van der Waals surface area contributed by atoms with Crippen molar-refractivity contribution in [1.82, 2.24) is 24.0 Å². The highest BCUT2D eigenvalue weighted by atomic mass is 19.1. The average molecular weight is 459 g/mol. The zero-order valence-corrected chi connectivity index (χ0v) is 19.1. The number of piperidine rings is 1. The summed E-state index contributed by atoms with van der Waals surface area (Å²) in [6, 6.07) is 9.17. The van der Waals surface area contributed by atoms with E-state index >= 15 is 4.39 Å². The van der Waals surface area contributed by atoms with Gasteiger partial charge in [-0.3, -0.25) is 4.79 Å². The third-order valence-electron chi connectivity index (χ3n) is 8.14. The van der Waals surface area contributed by atoms with E-state index in [0.717, 1.165) is 41.9 Å². The van der Waals surface area contributed by atoms with E-state index in [9.17, 15) is 4.79 Å². The Bertz CT molecular complexity index is 1470. The monoisotopic (exact) mass is 458 g/mol. The molecule has 7 rings (SSSR count). The predicted octanol–water partition coefficient (Wildman–Crippen LogP) is 3.70. The van der Waals surface area contributed by atoms with Crippen LogP contribution in [0.3, 0.4) is 0 Å². The first-order valence-corrected chi connectivity index (χ1v) is 12.2. The van der Waals surface area contributed by atoms with Crippen LogP contribution in [0.1, 0.15) is 36.0 Å². The van der Waals surface area contributed by atoms with Crippen LogP contribution in [0.5, 0.6) is 0 Å². The van der Waals surface area contributed by atoms with Crippen molar-refractivity contribution < 1.29 is 9.18 Å². The summed E-state index contributed by atoms with van der Waals surface area (Å²) in [7, 11) is 1.90. The molecule has 1 aromatic carbocycles. The standard InChI is InChI=1S/C26H27FN6O/c1-31-21-11-18(27)17(26(34)33-13-16-6-7-20(33)23(16)28)10-19(21)30-25(31)22-9-15-3-2-8-29-24(15)32(22)12-14-4-5-14/h2-3,8-11,14,16,20,23H,4-7,12-13,28H2,1H3/t16-,20-,23?/m1/s1. The minimum atomic E-state index is -0.511. The fraction of sp³-hybridized carbons (Fsp3) is 0.423. The van der Waals surface area contributed by atoms with Crippen molar-refractivity contribution in [1.29, 1.82) is 0 Å². The van der Waals surface area contributed by atoms with Gasteiger partial charge in [0, 0.05) is 49.9 Å². The highest BCUT2D eigenvalue weighted by Crippen LogP contribution is 2.39. The molecule has 3 aliphatic rings. The number of nitrogens with zero attached hydrogens (tertiary/aromatic N) is 5. The molecule has 2 saturated carbocycles. The number of fused-ring (bicyclic) bond motifs is 4. The van der Waals surface area contributed by atoms with Crippen LogP contribution < -0.4 is 5.73 Å². The normalized spacial score (nSPS) is 24.1. The summed E-state index contributed by atoms with van der Waals surface area (Å²) in [6.07, 6.45) is 6.22. The van der Waals surface area contributed by atoms with Crippen LogP contribution in [0.15, 0.2) is 36.5 Å². The van der Waals surface area contributed by atoms with Crippen molar-refractivity contribution >= 4 is 28.0 Å². The van der Waals surface area contributed by atoms with Crippen molar-refractivity contribution in [2.75, 3.05) is 6.54 Å². The topological polar surface area (TPSA) is 82.0 Å². The molecule has 7 nitrogen and oxygen atoms in total. The highest BCUT2D eigenvalue weighted by Gasteiger charge is 2.47. The molecule has 8 heteroatoms. The fourth-order valence-electron chi connectivity index (χ4n) is 6.06. The van der Waals surface area contributed by atoms with Crippen molar-refractivity contribution in [3.05, 3.63) is 47.9 Å². The molecule has 1 saturated heterocycles. The summed E-state index contributed by atoms with van der Waals surface area (Å²) >= 11 is 0. The molecule has 0 spiro atoms. The molecule has 3 aromatic heterocycles. The Morgan fingerprint density at radius 2 is 2.06 bits per heavy atom. The number of carbonyl (C=O) groups excluding carboxylic acids is 1. The molecule has 4 aromatic rings. The van der Waals surface area contributed by atoms with Crippen LogP contribution in [0, 0.1) is 17.7 Å². The number of aryl methyl sites for hydroxylation is 1. The lowest BCUT2D eigenvalue weighted by atomic mass is 10.1. The molecule has 1 amide bonds. The molecule has 34 heavy (non-hydrogen) atoms. The number of likely N-dealkylation sites (tertiary alicyclic amines) is 1. The van der Waals surface area contributed by atoms with Gasteiger partial charge in [-0.05, 0) is 61.8 Å². The Labute approximate surface area is 196 Å². The number of amides is 1. The van der Waals surface area contributed by atoms with E-state index in [1.54, 1.807) is 11.0 Å². The molecular weight excluding hydrogens is 431 g/mol. The summed E-state index contributed by atoms with van der Waals surface area (Å²) in [5.74, 6) is 0.948. The van der Waals surface area contributed by atoms with Crippen LogP contribution in [-0.4, -0.2) is 48.5 Å². The number of hydrogen-bond donors (Lipinski definition) is 1. The number of halogens is 1. The van der Waals surface area contributed by atoms with Crippen molar-refractivity contribution in [2.24, 2.45) is 24.6 Å². The van der Waals surface area contributed by atoms with Gasteiger partial charge < -0.3 is 19.8 Å². The Morgan fingerprint density at radius 1 is 1.21 bits per heavy atom. The van der Waals surface area contributed by atoms with E-state index in [2.05, 4.69) is 21.7 Å². The summed E-state index contributed by atoms with van der Waals surface area (Å²) in [5.41, 5.74) is 9.56. The zero-order chi connectivity index (χ0) is 23.1. The first kappa shape index (κ1) is 20.1. The zero-order valence-electron chi connectivity index (χ0n) is 19.1. The van der Waals surface area contributed by atoms with E-state index in [-0.39, 0.29) is 23.6 Å². The van der Waals surface area contributed by atoms with Gasteiger partial charge in [0.1, 0.15) is 11.5 Å². The van der Waals surface area contributed by atoms with Crippen LogP contribution in [0.2, 0.25) is 0 Å². The predicted molar refractivity (Wildman–Crippen MR) is 128 cm³/mol. The van der Waals surface area contributed by atoms with Gasteiger partial charge in [0.25, 0.3) is 5.91 Å². The lowest BCUT2D eigenvalue weighted by Gasteiger charge is -2.27. The number of pyridine rings is 1. The van der Waals surface area contributed by atoms with Gasteiger partial charge in [-0.2, -0.15) is 0 Å². The van der Waals surface area contributed by atoms with E-state index in [4.69, 9.17) is 10.7 Å². The number of carbonyl (C=O) groups is 1. The first-order valence-electron chi connectivity index (χ1n) is 12.2. The van der Waals surface area contributed by atoms with Gasteiger partial charge in [-0.25, -0.2) is 14.4 Å². The molecule has 1 unspecified atom stereocenters. The highest BCUT2D eigenvalue weighted by molar-refractivity contribution is 5.99. The molecule has 0 radical (unpaired) electrons. The van der Waals surface area contributed by atoms with E-state index in [0.29, 0.717) is 29.4 Å². The van der Waals surface area contributed by atoms with Crippen molar-refractivity contribution in [3.8, 4) is 11.5 Å². The SMILES string of the molecule is Cn1c(-c2cc3cccnc3n2CC2CC2)nc2cc(C(=O)N3C[C@H]4CC[C@@H]3C4N)c(F)cc21. The molecule has 2 N–H and O–H groups in total. The number of imidazole rings is 1. The van der Waals surface area contributed by atoms with Crippen LogP contribution in [0.4, 0.5) is 4.39 Å². The second kappa shape index (κ2) is 7.12. The maximum Gasteiger partial charge on any atom is 0.257 e. The van der Waals surface area contributed by atoms with Crippen LogP contribution in [0.25, 0.3) is 33.6 Å². The van der Waals surface area contributed by atoms with Gasteiger partial charge in [0.15, 0.2) is 5.82 Å². The van der Waals surface area contributed by atoms with Crippen LogP contribution in [-0.2, 0) is 13.6 Å². The summed E-state index contributed by atoms with van der Waals surface area (Å²) in [5, 5.41) is 1.06. The van der Waals surface area contributed by atoms with Crippen LogP contribution >= 0.6 is 0 Å². The van der Waals surface area contributed by atoms with Gasteiger partial charge in [0.05, 0.1) is 22.3 Å². The third kappa shape index (κ3) is 2.87. The Morgan fingerprint density at radius 3 is 2.79 bits per heavy atom. The van der Waals surface area contributed by atoms with E-state index in [1.807, 2.05) is 23.9 Å². The molecule has 3 fully saturated rings. The summed E-state index contributed by atoms with van der Waals surface area (Å²) < 4.78 is 19.4. The molecule has 4 heterocycles. The lowest BCUT2D eigenvalue weighted by Crippen LogP contribution is -2.41. The fourth-order valence-corrected chi connectivity index (χ4v) is 6.06. The lowest BCUT2D eigenvalue weighted by molar-refractivity contribution is 0.0696. The molecule has 3 atom stereocenters. The van der Waals surface area contributed by atoms with Crippen molar-refractivity contribution in [2.45, 2.75) is 44.3 Å². The Kier molecular flexibility index (Phi) is 4.22. The minimum Gasteiger partial charge on any atom is -0.334 e. The minimum absolute atomic E-state index is 0.000749. The third-order valence-corrected chi connectivity index (χ3v) is 8.14. The number of aromatic nitrogens is 4. The molecule has 1 aliphatic heterocycles. The van der Waals surface area contributed by atoms with Crippen molar-refractivity contribution in [3.63, 3.8) is 0 Å². The number of nitrogens with two attached hydrogens (primary N) is 1.